The first-order chi connectivity index (χ1) is 15.7. The van der Waals surface area contributed by atoms with Gasteiger partial charge in [0.15, 0.2) is 5.11 Å². The highest BCUT2D eigenvalue weighted by molar-refractivity contribution is 7.80. The second-order valence-corrected chi connectivity index (χ2v) is 7.83. The Kier molecular flexibility index (Phi) is 5.33. The maximum Gasteiger partial charge on any atom is 0.174 e. The minimum Gasteiger partial charge on any atom is -0.495 e. The van der Waals surface area contributed by atoms with Crippen molar-refractivity contribution in [3.8, 4) is 11.4 Å². The summed E-state index contributed by atoms with van der Waals surface area (Å²) < 4.78 is 21.4. The molecule has 0 spiro atoms. The van der Waals surface area contributed by atoms with Crippen molar-refractivity contribution in [2.24, 2.45) is 0 Å². The third kappa shape index (κ3) is 3.50. The Balaban J connectivity index is 1.68. The van der Waals surface area contributed by atoms with Gasteiger partial charge in [-0.2, -0.15) is 0 Å². The number of ether oxygens (including phenoxy) is 1. The van der Waals surface area contributed by atoms with Gasteiger partial charge >= 0.3 is 0 Å². The van der Waals surface area contributed by atoms with Gasteiger partial charge in [0.2, 0.25) is 0 Å². The molecule has 3 heterocycles. The van der Waals surface area contributed by atoms with Gasteiger partial charge in [-0.05, 0) is 72.9 Å². The topological polar surface area (TPSA) is 42.3 Å². The highest BCUT2D eigenvalue weighted by Crippen LogP contribution is 2.42. The number of benzene rings is 2. The molecule has 1 aliphatic rings. The summed E-state index contributed by atoms with van der Waals surface area (Å²) in [7, 11) is 1.66. The van der Waals surface area contributed by atoms with Gasteiger partial charge in [0.05, 0.1) is 24.5 Å². The summed E-state index contributed by atoms with van der Waals surface area (Å²) in [5.74, 6) is 0.475. The standard InChI is InChI=1S/C25H21FN4OS/c1-31-22-10-3-2-8-20(22)29-16-6-9-21(29)24-23(19-7-4-5-15-27-19)28-25(32)30(24)18-13-11-17(26)12-14-18/h2-16,23-24H,1H3,(H,28,32)/t23-,24-/m1/s1. The molecule has 4 aromatic rings. The van der Waals surface area contributed by atoms with E-state index < -0.39 is 0 Å². The summed E-state index contributed by atoms with van der Waals surface area (Å²) in [4.78, 5) is 6.61. The Bertz CT molecular complexity index is 1240. The zero-order valence-corrected chi connectivity index (χ0v) is 18.2. The highest BCUT2D eigenvalue weighted by atomic mass is 32.1. The maximum atomic E-state index is 13.7. The monoisotopic (exact) mass is 444 g/mol. The second kappa shape index (κ2) is 8.43. The molecule has 0 unspecified atom stereocenters. The molecule has 0 bridgehead atoms. The highest BCUT2D eigenvalue weighted by Gasteiger charge is 2.42. The van der Waals surface area contributed by atoms with E-state index in [2.05, 4.69) is 20.9 Å². The Morgan fingerprint density at radius 3 is 2.50 bits per heavy atom. The van der Waals surface area contributed by atoms with Crippen LogP contribution in [-0.4, -0.2) is 21.8 Å². The number of nitrogens with zero attached hydrogens (tertiary/aromatic N) is 3. The first-order valence-corrected chi connectivity index (χ1v) is 10.6. The molecular weight excluding hydrogens is 423 g/mol. The number of hydrogen-bond acceptors (Lipinski definition) is 3. The zero-order valence-electron chi connectivity index (χ0n) is 17.4. The predicted molar refractivity (Wildman–Crippen MR) is 127 cm³/mol. The molecule has 0 saturated carbocycles. The van der Waals surface area contributed by atoms with E-state index in [-0.39, 0.29) is 17.9 Å². The molecule has 160 valence electrons. The van der Waals surface area contributed by atoms with Gasteiger partial charge in [0, 0.05) is 23.8 Å². The van der Waals surface area contributed by atoms with Crippen molar-refractivity contribution >= 4 is 23.0 Å². The molecule has 1 aliphatic heterocycles. The fourth-order valence-electron chi connectivity index (χ4n) is 4.22. The van der Waals surface area contributed by atoms with Crippen LogP contribution in [0.15, 0.2) is 91.3 Å². The molecule has 0 amide bonds. The summed E-state index contributed by atoms with van der Waals surface area (Å²) >= 11 is 5.75. The molecule has 2 aromatic heterocycles. The van der Waals surface area contributed by atoms with Crippen molar-refractivity contribution in [3.63, 3.8) is 0 Å². The average Bonchev–Trinajstić information content (AvgIpc) is 3.44. The van der Waals surface area contributed by atoms with Crippen molar-refractivity contribution in [1.82, 2.24) is 14.9 Å². The first kappa shape index (κ1) is 20.2. The Morgan fingerprint density at radius 1 is 0.969 bits per heavy atom. The molecule has 2 aromatic carbocycles. The summed E-state index contributed by atoms with van der Waals surface area (Å²) in [5, 5.41) is 4.00. The van der Waals surface area contributed by atoms with Crippen molar-refractivity contribution < 1.29 is 9.13 Å². The molecule has 5 nitrogen and oxygen atoms in total. The summed E-state index contributed by atoms with van der Waals surface area (Å²) in [5.41, 5.74) is 3.60. The van der Waals surface area contributed by atoms with E-state index in [1.165, 1.54) is 12.1 Å². The van der Waals surface area contributed by atoms with Crippen molar-refractivity contribution in [3.05, 3.63) is 108 Å². The molecule has 5 rings (SSSR count). The molecular formula is C25H21FN4OS. The number of halogens is 1. The van der Waals surface area contributed by atoms with Crippen LogP contribution in [0, 0.1) is 5.82 Å². The fraction of sp³-hybridized carbons (Fsp3) is 0.120. The van der Waals surface area contributed by atoms with E-state index in [4.69, 9.17) is 17.0 Å². The van der Waals surface area contributed by atoms with Crippen LogP contribution in [0.5, 0.6) is 5.75 Å². The van der Waals surface area contributed by atoms with Gasteiger partial charge in [0.1, 0.15) is 17.6 Å². The lowest BCUT2D eigenvalue weighted by molar-refractivity contribution is 0.412. The number of para-hydroxylation sites is 2. The minimum atomic E-state index is -0.290. The Hall–Kier alpha value is -3.71. The smallest absolute Gasteiger partial charge is 0.174 e. The Morgan fingerprint density at radius 2 is 1.75 bits per heavy atom. The van der Waals surface area contributed by atoms with Gasteiger partial charge < -0.3 is 19.5 Å². The molecule has 1 saturated heterocycles. The first-order valence-electron chi connectivity index (χ1n) is 10.2. The Labute approximate surface area is 191 Å². The maximum absolute atomic E-state index is 13.7. The van der Waals surface area contributed by atoms with Crippen LogP contribution in [0.1, 0.15) is 23.5 Å². The second-order valence-electron chi connectivity index (χ2n) is 7.45. The lowest BCUT2D eigenvalue weighted by Gasteiger charge is -2.29. The number of hydrogen-bond donors (Lipinski definition) is 1. The number of nitrogens with one attached hydrogen (secondary N) is 1. The number of pyridine rings is 1. The minimum absolute atomic E-state index is 0.197. The van der Waals surface area contributed by atoms with E-state index in [1.54, 1.807) is 25.4 Å². The third-order valence-corrected chi connectivity index (χ3v) is 5.95. The molecule has 0 radical (unpaired) electrons. The van der Waals surface area contributed by atoms with Crippen molar-refractivity contribution in [1.29, 1.82) is 0 Å². The zero-order chi connectivity index (χ0) is 22.1. The number of thiocarbonyl (C=S) groups is 1. The van der Waals surface area contributed by atoms with Gasteiger partial charge in [-0.25, -0.2) is 4.39 Å². The fourth-order valence-corrected chi connectivity index (χ4v) is 4.56. The van der Waals surface area contributed by atoms with Crippen LogP contribution < -0.4 is 15.0 Å². The van der Waals surface area contributed by atoms with Crippen LogP contribution in [0.25, 0.3) is 5.69 Å². The van der Waals surface area contributed by atoms with Crippen LogP contribution in [0.4, 0.5) is 10.1 Å². The van der Waals surface area contributed by atoms with E-state index in [9.17, 15) is 4.39 Å². The largest absolute Gasteiger partial charge is 0.495 e. The van der Waals surface area contributed by atoms with Gasteiger partial charge in [-0.15, -0.1) is 0 Å². The van der Waals surface area contributed by atoms with Crippen LogP contribution in [-0.2, 0) is 0 Å². The lowest BCUT2D eigenvalue weighted by Crippen LogP contribution is -2.30. The molecule has 2 atom stereocenters. The van der Waals surface area contributed by atoms with Crippen LogP contribution >= 0.6 is 12.2 Å². The summed E-state index contributed by atoms with van der Waals surface area (Å²) in [6.45, 7) is 0. The quantitative estimate of drug-likeness (QED) is 0.429. The van der Waals surface area contributed by atoms with Gasteiger partial charge in [-0.1, -0.05) is 18.2 Å². The number of rotatable bonds is 5. The summed E-state index contributed by atoms with van der Waals surface area (Å²) in [6.07, 6.45) is 3.78. The summed E-state index contributed by atoms with van der Waals surface area (Å²) in [6, 6.07) is 23.7. The number of methoxy groups -OCH3 is 1. The van der Waals surface area contributed by atoms with Crippen molar-refractivity contribution in [2.75, 3.05) is 12.0 Å². The molecule has 1 N–H and O–H groups in total. The van der Waals surface area contributed by atoms with E-state index in [0.717, 1.165) is 28.5 Å². The molecule has 0 aliphatic carbocycles. The van der Waals surface area contributed by atoms with Crippen LogP contribution in [0.3, 0.4) is 0 Å². The molecule has 1 fully saturated rings. The van der Waals surface area contributed by atoms with Gasteiger partial charge in [0.25, 0.3) is 0 Å². The average molecular weight is 445 g/mol. The van der Waals surface area contributed by atoms with Gasteiger partial charge in [-0.3, -0.25) is 4.98 Å². The predicted octanol–water partition coefficient (Wildman–Crippen LogP) is 5.20. The van der Waals surface area contributed by atoms with E-state index in [0.29, 0.717) is 5.11 Å². The van der Waals surface area contributed by atoms with Crippen LogP contribution in [0.2, 0.25) is 0 Å². The number of aromatic nitrogens is 2. The number of anilines is 1. The molecule has 7 heteroatoms. The van der Waals surface area contributed by atoms with Crippen molar-refractivity contribution in [2.45, 2.75) is 12.1 Å². The molecule has 32 heavy (non-hydrogen) atoms. The van der Waals surface area contributed by atoms with E-state index >= 15 is 0 Å². The SMILES string of the molecule is COc1ccccc1-n1cccc1[C@@H]1[C@@H](c2ccccn2)NC(=S)N1c1ccc(F)cc1. The third-order valence-electron chi connectivity index (χ3n) is 5.63. The normalized spacial score (nSPS) is 17.9. The van der Waals surface area contributed by atoms with E-state index in [1.807, 2.05) is 59.6 Å². The lowest BCUT2D eigenvalue weighted by atomic mass is 10.0.